The second-order valence-electron chi connectivity index (χ2n) is 4.40. The number of aromatic nitrogens is 1. The van der Waals surface area contributed by atoms with Crippen LogP contribution in [0.4, 0.5) is 0 Å². The van der Waals surface area contributed by atoms with Crippen LogP contribution in [0.25, 0.3) is 25.3 Å². The molecule has 0 aliphatic heterocycles. The zero-order valence-corrected chi connectivity index (χ0v) is 8.72. The van der Waals surface area contributed by atoms with E-state index in [4.69, 9.17) is 0 Å². The van der Waals surface area contributed by atoms with Crippen molar-refractivity contribution in [3.05, 3.63) is 34.0 Å². The van der Waals surface area contributed by atoms with Crippen molar-refractivity contribution in [2.24, 2.45) is 5.41 Å². The van der Waals surface area contributed by atoms with E-state index in [1.165, 1.54) is 0 Å². The second kappa shape index (κ2) is 2.74. The summed E-state index contributed by atoms with van der Waals surface area (Å²) >= 11 is 0. The molecule has 0 radical (unpaired) electrons. The van der Waals surface area contributed by atoms with Crippen LogP contribution < -0.4 is 10.6 Å². The van der Waals surface area contributed by atoms with Gasteiger partial charge in [0.1, 0.15) is 0 Å². The summed E-state index contributed by atoms with van der Waals surface area (Å²) in [5.41, 5.74) is 2.40. The molecule has 0 fully saturated rings. The summed E-state index contributed by atoms with van der Waals surface area (Å²) in [4.78, 5) is 3.23. The molecule has 1 aliphatic rings. The highest BCUT2D eigenvalue weighted by atomic mass is 14.7. The third-order valence-electron chi connectivity index (χ3n) is 2.62. The Labute approximate surface area is 84.2 Å². The first-order chi connectivity index (χ1) is 6.49. The first-order valence-corrected chi connectivity index (χ1v) is 4.78. The maximum Gasteiger partial charge on any atom is 0.0461 e. The van der Waals surface area contributed by atoms with Crippen LogP contribution in [-0.2, 0) is 0 Å². The van der Waals surface area contributed by atoms with E-state index in [-0.39, 0.29) is 5.41 Å². The maximum absolute atomic E-state index is 4.00. The normalized spacial score (nSPS) is 17.9. The molecule has 0 aromatic carbocycles. The molecule has 1 aromatic heterocycles. The molecule has 0 saturated carbocycles. The molecule has 0 atom stereocenters. The quantitative estimate of drug-likeness (QED) is 0.635. The first-order valence-electron chi connectivity index (χ1n) is 4.78. The third-order valence-corrected chi connectivity index (χ3v) is 2.62. The third kappa shape index (κ3) is 1.35. The van der Waals surface area contributed by atoms with Gasteiger partial charge in [-0.25, -0.2) is 0 Å². The molecule has 0 amide bonds. The summed E-state index contributed by atoms with van der Waals surface area (Å²) < 4.78 is 0. The molecule has 1 heterocycles. The van der Waals surface area contributed by atoms with Gasteiger partial charge < -0.3 is 4.98 Å². The van der Waals surface area contributed by atoms with Crippen LogP contribution >= 0.6 is 0 Å². The van der Waals surface area contributed by atoms with E-state index in [9.17, 15) is 0 Å². The SMILES string of the molecule is C=c1[nH]c2c(c1=C)C=CC(C)(C)C=C2. The van der Waals surface area contributed by atoms with Gasteiger partial charge in [-0.15, -0.1) is 0 Å². The number of aromatic amines is 1. The molecule has 1 aromatic rings. The van der Waals surface area contributed by atoms with Gasteiger partial charge in [-0.2, -0.15) is 0 Å². The standard InChI is InChI=1S/C13H15N/c1-9-10(2)14-12-6-8-13(3,4)7-5-11(9)12/h5-8,14H,1-2H2,3-4H3. The fraction of sp³-hybridized carbons (Fsp3) is 0.231. The summed E-state index contributed by atoms with van der Waals surface area (Å²) in [5, 5.41) is 1.91. The Morgan fingerprint density at radius 3 is 2.50 bits per heavy atom. The van der Waals surface area contributed by atoms with Crippen molar-refractivity contribution in [2.75, 3.05) is 0 Å². The van der Waals surface area contributed by atoms with Crippen LogP contribution in [0.15, 0.2) is 12.2 Å². The molecular formula is C13H15N. The highest BCUT2D eigenvalue weighted by Crippen LogP contribution is 2.24. The zero-order chi connectivity index (χ0) is 10.3. The topological polar surface area (TPSA) is 15.8 Å². The molecule has 0 bridgehead atoms. The Bertz CT molecular complexity index is 512. The summed E-state index contributed by atoms with van der Waals surface area (Å²) in [6.45, 7) is 12.3. The Balaban J connectivity index is 2.70. The predicted molar refractivity (Wildman–Crippen MR) is 62.9 cm³/mol. The predicted octanol–water partition coefficient (Wildman–Crippen LogP) is 1.90. The van der Waals surface area contributed by atoms with Crippen LogP contribution in [0.2, 0.25) is 0 Å². The highest BCUT2D eigenvalue weighted by Gasteiger charge is 2.13. The Hall–Kier alpha value is -1.50. The summed E-state index contributed by atoms with van der Waals surface area (Å²) in [5.74, 6) is 0. The van der Waals surface area contributed by atoms with Crippen LogP contribution in [0.5, 0.6) is 0 Å². The lowest BCUT2D eigenvalue weighted by Gasteiger charge is -2.12. The van der Waals surface area contributed by atoms with Crippen molar-refractivity contribution in [1.82, 2.24) is 4.98 Å². The van der Waals surface area contributed by atoms with Crippen LogP contribution in [-0.4, -0.2) is 4.98 Å². The molecule has 0 spiro atoms. The molecule has 72 valence electrons. The highest BCUT2D eigenvalue weighted by molar-refractivity contribution is 5.67. The van der Waals surface area contributed by atoms with Crippen molar-refractivity contribution < 1.29 is 0 Å². The van der Waals surface area contributed by atoms with Gasteiger partial charge in [-0.3, -0.25) is 0 Å². The molecule has 0 saturated heterocycles. The molecule has 0 unspecified atom stereocenters. The molecule has 1 N–H and O–H groups in total. The van der Waals surface area contributed by atoms with Gasteiger partial charge in [0.05, 0.1) is 0 Å². The number of allylic oxidation sites excluding steroid dienone is 2. The van der Waals surface area contributed by atoms with Gasteiger partial charge >= 0.3 is 0 Å². The fourth-order valence-electron chi connectivity index (χ4n) is 1.60. The van der Waals surface area contributed by atoms with Gasteiger partial charge in [0.15, 0.2) is 0 Å². The monoisotopic (exact) mass is 185 g/mol. The number of hydrogen-bond donors (Lipinski definition) is 1. The number of hydrogen-bond acceptors (Lipinski definition) is 0. The molecule has 1 nitrogen and oxygen atoms in total. The lowest BCUT2D eigenvalue weighted by molar-refractivity contribution is 0.633. The van der Waals surface area contributed by atoms with Crippen molar-refractivity contribution in [3.63, 3.8) is 0 Å². The van der Waals surface area contributed by atoms with Gasteiger partial charge in [-0.1, -0.05) is 45.2 Å². The Morgan fingerprint density at radius 2 is 1.79 bits per heavy atom. The average molecular weight is 185 g/mol. The fourth-order valence-corrected chi connectivity index (χ4v) is 1.60. The molecule has 14 heavy (non-hydrogen) atoms. The lowest BCUT2D eigenvalue weighted by atomic mass is 9.93. The van der Waals surface area contributed by atoms with Gasteiger partial charge in [0.25, 0.3) is 0 Å². The number of rotatable bonds is 0. The largest absolute Gasteiger partial charge is 0.355 e. The molecular weight excluding hydrogens is 170 g/mol. The lowest BCUT2D eigenvalue weighted by Crippen LogP contribution is -2.20. The number of fused-ring (bicyclic) bond motifs is 1. The number of nitrogens with one attached hydrogen (secondary N) is 1. The van der Waals surface area contributed by atoms with Crippen LogP contribution in [0.3, 0.4) is 0 Å². The second-order valence-corrected chi connectivity index (χ2v) is 4.40. The van der Waals surface area contributed by atoms with E-state index in [0.29, 0.717) is 0 Å². The number of H-pyrrole nitrogens is 1. The minimum absolute atomic E-state index is 0.119. The van der Waals surface area contributed by atoms with E-state index in [0.717, 1.165) is 21.8 Å². The summed E-state index contributed by atoms with van der Waals surface area (Å²) in [6, 6.07) is 0. The zero-order valence-electron chi connectivity index (χ0n) is 8.72. The maximum atomic E-state index is 4.00. The minimum Gasteiger partial charge on any atom is -0.355 e. The Morgan fingerprint density at radius 1 is 1.14 bits per heavy atom. The minimum atomic E-state index is 0.119. The smallest absolute Gasteiger partial charge is 0.0461 e. The first kappa shape index (κ1) is 9.07. The summed E-state index contributed by atoms with van der Waals surface area (Å²) in [7, 11) is 0. The van der Waals surface area contributed by atoms with E-state index >= 15 is 0 Å². The van der Waals surface area contributed by atoms with E-state index in [1.54, 1.807) is 0 Å². The van der Waals surface area contributed by atoms with Crippen LogP contribution in [0, 0.1) is 5.41 Å². The molecule has 2 rings (SSSR count). The van der Waals surface area contributed by atoms with Gasteiger partial charge in [0, 0.05) is 22.0 Å². The van der Waals surface area contributed by atoms with Crippen LogP contribution in [0.1, 0.15) is 25.1 Å². The van der Waals surface area contributed by atoms with E-state index < -0.39 is 0 Å². The Kier molecular flexibility index (Phi) is 1.78. The van der Waals surface area contributed by atoms with Gasteiger partial charge in [0.2, 0.25) is 0 Å². The molecule has 1 heteroatoms. The van der Waals surface area contributed by atoms with Crippen molar-refractivity contribution in [2.45, 2.75) is 13.8 Å². The van der Waals surface area contributed by atoms with Gasteiger partial charge in [-0.05, 0) is 11.3 Å². The van der Waals surface area contributed by atoms with E-state index in [2.05, 4.69) is 56.3 Å². The van der Waals surface area contributed by atoms with Crippen molar-refractivity contribution >= 4 is 25.3 Å². The summed E-state index contributed by atoms with van der Waals surface area (Å²) in [6.07, 6.45) is 8.61. The van der Waals surface area contributed by atoms with E-state index in [1.807, 2.05) is 0 Å². The molecule has 1 aliphatic carbocycles. The van der Waals surface area contributed by atoms with Crippen molar-refractivity contribution in [1.29, 1.82) is 0 Å². The van der Waals surface area contributed by atoms with Crippen molar-refractivity contribution in [3.8, 4) is 0 Å². The average Bonchev–Trinajstić information content (AvgIpc) is 2.27.